The smallest absolute Gasteiger partial charge is 0.118 e. The maximum Gasteiger partial charge on any atom is 0.118 e. The highest BCUT2D eigenvalue weighted by molar-refractivity contribution is 7.11. The fraction of sp³-hybridized carbons (Fsp3) is 0.818. The van der Waals surface area contributed by atoms with E-state index in [1.807, 2.05) is 0 Å². The molecule has 3 nitrogen and oxygen atoms in total. The zero-order valence-corrected chi connectivity index (χ0v) is 10.7. The number of nitrogens with zero attached hydrogens (tertiary/aromatic N) is 2. The molecule has 1 heterocycles. The Morgan fingerprint density at radius 3 is 2.47 bits per heavy atom. The van der Waals surface area contributed by atoms with Crippen LogP contribution >= 0.6 is 11.3 Å². The van der Waals surface area contributed by atoms with E-state index >= 15 is 0 Å². The molecule has 0 amide bonds. The minimum Gasteiger partial charge on any atom is -0.317 e. The van der Waals surface area contributed by atoms with Gasteiger partial charge in [0, 0.05) is 19.4 Å². The molecule has 0 saturated heterocycles. The topological polar surface area (TPSA) is 37.8 Å². The Kier molecular flexibility index (Phi) is 5.79. The molecule has 0 aromatic carbocycles. The van der Waals surface area contributed by atoms with Crippen molar-refractivity contribution in [2.24, 2.45) is 5.92 Å². The van der Waals surface area contributed by atoms with Gasteiger partial charge in [0.25, 0.3) is 0 Å². The summed E-state index contributed by atoms with van der Waals surface area (Å²) >= 11 is 1.76. The number of rotatable bonds is 7. The van der Waals surface area contributed by atoms with Gasteiger partial charge in [0.2, 0.25) is 0 Å². The van der Waals surface area contributed by atoms with Crippen LogP contribution in [0.5, 0.6) is 0 Å². The fourth-order valence-corrected chi connectivity index (χ4v) is 2.13. The van der Waals surface area contributed by atoms with Gasteiger partial charge in [-0.05, 0) is 18.9 Å². The molecule has 0 atom stereocenters. The van der Waals surface area contributed by atoms with E-state index in [-0.39, 0.29) is 0 Å². The van der Waals surface area contributed by atoms with Crippen LogP contribution in [0, 0.1) is 5.92 Å². The summed E-state index contributed by atoms with van der Waals surface area (Å²) in [6.45, 7) is 8.64. The van der Waals surface area contributed by atoms with Gasteiger partial charge < -0.3 is 5.32 Å². The Balaban J connectivity index is 2.29. The standard InChI is InChI=1S/C11H21N3S/c1-4-12-8-7-11-14-13-10(15-11)6-5-9(2)3/h9,12H,4-8H2,1-3H3. The Morgan fingerprint density at radius 2 is 1.87 bits per heavy atom. The van der Waals surface area contributed by atoms with Gasteiger partial charge >= 0.3 is 0 Å². The number of nitrogens with one attached hydrogen (secondary N) is 1. The highest BCUT2D eigenvalue weighted by Crippen LogP contribution is 2.14. The molecule has 0 fully saturated rings. The van der Waals surface area contributed by atoms with Gasteiger partial charge in [-0.25, -0.2) is 0 Å². The van der Waals surface area contributed by atoms with Crippen molar-refractivity contribution in [3.05, 3.63) is 10.0 Å². The molecule has 0 radical (unpaired) electrons. The average Bonchev–Trinajstić information content (AvgIpc) is 2.63. The highest BCUT2D eigenvalue weighted by Gasteiger charge is 2.04. The molecular formula is C11H21N3S. The van der Waals surface area contributed by atoms with Gasteiger partial charge in [0.1, 0.15) is 10.0 Å². The summed E-state index contributed by atoms with van der Waals surface area (Å²) in [7, 11) is 0. The Bertz CT molecular complexity index is 271. The van der Waals surface area contributed by atoms with Crippen molar-refractivity contribution in [1.82, 2.24) is 15.5 Å². The minimum absolute atomic E-state index is 0.749. The third-order valence-electron chi connectivity index (χ3n) is 2.21. The largest absolute Gasteiger partial charge is 0.317 e. The van der Waals surface area contributed by atoms with Crippen LogP contribution in [-0.2, 0) is 12.8 Å². The van der Waals surface area contributed by atoms with E-state index in [2.05, 4.69) is 36.3 Å². The normalized spacial score (nSPS) is 11.2. The molecule has 0 unspecified atom stereocenters. The van der Waals surface area contributed by atoms with Crippen molar-refractivity contribution in [3.8, 4) is 0 Å². The van der Waals surface area contributed by atoms with Crippen LogP contribution in [-0.4, -0.2) is 23.3 Å². The predicted molar refractivity (Wildman–Crippen MR) is 65.3 cm³/mol. The van der Waals surface area contributed by atoms with E-state index in [9.17, 15) is 0 Å². The molecule has 0 aliphatic rings. The Morgan fingerprint density at radius 1 is 1.20 bits per heavy atom. The van der Waals surface area contributed by atoms with Crippen molar-refractivity contribution in [2.45, 2.75) is 40.0 Å². The monoisotopic (exact) mass is 227 g/mol. The number of aromatic nitrogens is 2. The highest BCUT2D eigenvalue weighted by atomic mass is 32.1. The third kappa shape index (κ3) is 5.23. The molecule has 0 spiro atoms. The van der Waals surface area contributed by atoms with Crippen LogP contribution in [0.4, 0.5) is 0 Å². The summed E-state index contributed by atoms with van der Waals surface area (Å²) in [5.74, 6) is 0.749. The van der Waals surface area contributed by atoms with Crippen LogP contribution in [0.2, 0.25) is 0 Å². The van der Waals surface area contributed by atoms with E-state index in [0.717, 1.165) is 36.9 Å². The lowest BCUT2D eigenvalue weighted by atomic mass is 10.1. The molecule has 1 N–H and O–H groups in total. The van der Waals surface area contributed by atoms with Crippen molar-refractivity contribution < 1.29 is 0 Å². The predicted octanol–water partition coefficient (Wildman–Crippen LogP) is 2.28. The van der Waals surface area contributed by atoms with E-state index < -0.39 is 0 Å². The maximum absolute atomic E-state index is 4.21. The van der Waals surface area contributed by atoms with Crippen molar-refractivity contribution in [3.63, 3.8) is 0 Å². The third-order valence-corrected chi connectivity index (χ3v) is 3.25. The Hall–Kier alpha value is -0.480. The van der Waals surface area contributed by atoms with Gasteiger partial charge in [-0.15, -0.1) is 21.5 Å². The first-order valence-corrected chi connectivity index (χ1v) is 6.56. The van der Waals surface area contributed by atoms with Crippen LogP contribution in [0.15, 0.2) is 0 Å². The first kappa shape index (κ1) is 12.6. The minimum atomic E-state index is 0.749. The average molecular weight is 227 g/mol. The molecule has 0 bridgehead atoms. The summed E-state index contributed by atoms with van der Waals surface area (Å²) in [6, 6.07) is 0. The molecule has 1 rings (SSSR count). The van der Waals surface area contributed by atoms with Crippen LogP contribution in [0.3, 0.4) is 0 Å². The van der Waals surface area contributed by atoms with Crippen LogP contribution < -0.4 is 5.32 Å². The first-order chi connectivity index (χ1) is 7.22. The fourth-order valence-electron chi connectivity index (χ4n) is 1.27. The molecule has 1 aromatic heterocycles. The summed E-state index contributed by atoms with van der Waals surface area (Å²) in [5.41, 5.74) is 0. The van der Waals surface area contributed by atoms with E-state index in [1.54, 1.807) is 11.3 Å². The summed E-state index contributed by atoms with van der Waals surface area (Å²) in [5, 5.41) is 14.0. The Labute approximate surface area is 96.3 Å². The van der Waals surface area contributed by atoms with Gasteiger partial charge in [0.05, 0.1) is 0 Å². The van der Waals surface area contributed by atoms with Gasteiger partial charge in [-0.1, -0.05) is 20.8 Å². The maximum atomic E-state index is 4.21. The number of likely N-dealkylation sites (N-methyl/N-ethyl adjacent to an activating group) is 1. The molecular weight excluding hydrogens is 206 g/mol. The van der Waals surface area contributed by atoms with Crippen molar-refractivity contribution in [1.29, 1.82) is 0 Å². The second-order valence-corrected chi connectivity index (χ2v) is 5.27. The van der Waals surface area contributed by atoms with Gasteiger partial charge in [-0.2, -0.15) is 0 Å². The lowest BCUT2D eigenvalue weighted by Gasteiger charge is -1.99. The molecule has 0 aliphatic carbocycles. The molecule has 0 saturated carbocycles. The van der Waals surface area contributed by atoms with Crippen LogP contribution in [0.1, 0.15) is 37.2 Å². The van der Waals surface area contributed by atoms with Crippen LogP contribution in [0.25, 0.3) is 0 Å². The number of hydrogen-bond acceptors (Lipinski definition) is 4. The zero-order valence-electron chi connectivity index (χ0n) is 9.92. The lowest BCUT2D eigenvalue weighted by Crippen LogP contribution is -2.15. The van der Waals surface area contributed by atoms with Gasteiger partial charge in [0.15, 0.2) is 0 Å². The molecule has 4 heteroatoms. The van der Waals surface area contributed by atoms with E-state index in [1.165, 1.54) is 11.4 Å². The zero-order chi connectivity index (χ0) is 11.1. The van der Waals surface area contributed by atoms with E-state index in [4.69, 9.17) is 0 Å². The summed E-state index contributed by atoms with van der Waals surface area (Å²) in [6.07, 6.45) is 3.30. The molecule has 0 aliphatic heterocycles. The number of hydrogen-bond donors (Lipinski definition) is 1. The quantitative estimate of drug-likeness (QED) is 0.726. The van der Waals surface area contributed by atoms with Gasteiger partial charge in [-0.3, -0.25) is 0 Å². The van der Waals surface area contributed by atoms with Crippen molar-refractivity contribution >= 4 is 11.3 Å². The van der Waals surface area contributed by atoms with Crippen molar-refractivity contribution in [2.75, 3.05) is 13.1 Å². The van der Waals surface area contributed by atoms with E-state index in [0.29, 0.717) is 0 Å². The number of aryl methyl sites for hydroxylation is 1. The first-order valence-electron chi connectivity index (χ1n) is 5.74. The second-order valence-electron chi connectivity index (χ2n) is 4.13. The molecule has 86 valence electrons. The summed E-state index contributed by atoms with van der Waals surface area (Å²) in [4.78, 5) is 0. The molecule has 1 aromatic rings. The molecule has 15 heavy (non-hydrogen) atoms. The summed E-state index contributed by atoms with van der Waals surface area (Å²) < 4.78 is 0. The SMILES string of the molecule is CCNCCc1nnc(CCC(C)C)s1. The second kappa shape index (κ2) is 6.90. The lowest BCUT2D eigenvalue weighted by molar-refractivity contribution is 0.583.